The summed E-state index contributed by atoms with van der Waals surface area (Å²) in [5.41, 5.74) is 0.963. The van der Waals surface area contributed by atoms with Gasteiger partial charge in [-0.1, -0.05) is 6.07 Å². The van der Waals surface area contributed by atoms with Crippen molar-refractivity contribution in [2.24, 2.45) is 0 Å². The maximum atomic E-state index is 12.7. The number of nitrogens with zero attached hydrogens (tertiary/aromatic N) is 1. The molecule has 0 aliphatic carbocycles. The third-order valence-electron chi connectivity index (χ3n) is 4.97. The van der Waals surface area contributed by atoms with E-state index in [1.54, 1.807) is 0 Å². The summed E-state index contributed by atoms with van der Waals surface area (Å²) < 4.78 is 38.8. The number of nitro benzene ring substituents is 1. The summed E-state index contributed by atoms with van der Waals surface area (Å²) >= 11 is 0. The Hall–Kier alpha value is -4.12. The van der Waals surface area contributed by atoms with Crippen LogP contribution in [0.15, 0.2) is 65.6 Å². The summed E-state index contributed by atoms with van der Waals surface area (Å²) in [5, 5.41) is 13.7. The summed E-state index contributed by atoms with van der Waals surface area (Å²) in [6, 6.07) is 14.6. The summed E-state index contributed by atoms with van der Waals surface area (Å²) in [7, 11) is -3.88. The summed E-state index contributed by atoms with van der Waals surface area (Å²) in [6.07, 6.45) is 0. The topological polar surface area (TPSA) is 137 Å². The predicted molar refractivity (Wildman–Crippen MR) is 120 cm³/mol. The van der Waals surface area contributed by atoms with Crippen LogP contribution in [0.25, 0.3) is 0 Å². The van der Waals surface area contributed by atoms with Crippen LogP contribution in [-0.2, 0) is 10.0 Å². The molecule has 0 aromatic heterocycles. The Balaban J connectivity index is 1.47. The zero-order chi connectivity index (χ0) is 23.6. The molecule has 0 spiro atoms. The first-order chi connectivity index (χ1) is 15.7. The maximum Gasteiger partial charge on any atom is 0.273 e. The van der Waals surface area contributed by atoms with Crippen LogP contribution in [0.2, 0.25) is 0 Å². The van der Waals surface area contributed by atoms with Crippen molar-refractivity contribution in [3.8, 4) is 11.5 Å². The fourth-order valence-electron chi connectivity index (χ4n) is 3.29. The first-order valence-corrected chi connectivity index (χ1v) is 11.3. The number of amides is 1. The standard InChI is InChI=1S/C22H19N3O7S/c1-14-18(3-2-4-19(14)25(27)28)22(26)23-15-5-7-16(8-6-15)24-33(29,30)17-9-10-20-21(13-17)32-12-11-31-20/h2-10,13,24H,11-12H2,1H3,(H,23,26). The van der Waals surface area contributed by atoms with E-state index in [1.807, 2.05) is 0 Å². The van der Waals surface area contributed by atoms with Crippen LogP contribution in [-0.4, -0.2) is 32.5 Å². The Kier molecular flexibility index (Phi) is 5.88. The smallest absolute Gasteiger partial charge is 0.273 e. The van der Waals surface area contributed by atoms with Gasteiger partial charge < -0.3 is 14.8 Å². The Labute approximate surface area is 189 Å². The number of nitro groups is 1. The number of hydrogen-bond donors (Lipinski definition) is 2. The van der Waals surface area contributed by atoms with Gasteiger partial charge in [0.2, 0.25) is 0 Å². The van der Waals surface area contributed by atoms with Crippen molar-refractivity contribution in [1.29, 1.82) is 0 Å². The zero-order valence-electron chi connectivity index (χ0n) is 17.4. The Morgan fingerprint density at radius 1 is 0.970 bits per heavy atom. The molecule has 1 aliphatic heterocycles. The third-order valence-corrected chi connectivity index (χ3v) is 6.34. The highest BCUT2D eigenvalue weighted by Crippen LogP contribution is 2.33. The van der Waals surface area contributed by atoms with Crippen LogP contribution in [0.3, 0.4) is 0 Å². The van der Waals surface area contributed by atoms with Crippen LogP contribution in [0.5, 0.6) is 11.5 Å². The van der Waals surface area contributed by atoms with E-state index in [4.69, 9.17) is 9.47 Å². The van der Waals surface area contributed by atoms with Crippen molar-refractivity contribution in [2.45, 2.75) is 11.8 Å². The van der Waals surface area contributed by atoms with Gasteiger partial charge in [0.1, 0.15) is 13.2 Å². The van der Waals surface area contributed by atoms with Crippen LogP contribution in [0, 0.1) is 17.0 Å². The Morgan fingerprint density at radius 3 is 2.33 bits per heavy atom. The number of ether oxygens (including phenoxy) is 2. The quantitative estimate of drug-likeness (QED) is 0.414. The van der Waals surface area contributed by atoms with E-state index in [1.165, 1.54) is 67.6 Å². The lowest BCUT2D eigenvalue weighted by atomic mass is 10.1. The van der Waals surface area contributed by atoms with Gasteiger partial charge in [-0.05, 0) is 49.4 Å². The van der Waals surface area contributed by atoms with E-state index in [-0.39, 0.29) is 27.4 Å². The molecule has 1 heterocycles. The largest absolute Gasteiger partial charge is 0.486 e. The number of carbonyl (C=O) groups excluding carboxylic acids is 1. The highest BCUT2D eigenvalue weighted by atomic mass is 32.2. The number of hydrogen-bond acceptors (Lipinski definition) is 7. The van der Waals surface area contributed by atoms with E-state index in [2.05, 4.69) is 10.0 Å². The number of sulfonamides is 1. The molecular weight excluding hydrogens is 450 g/mol. The molecule has 0 saturated heterocycles. The number of benzene rings is 3. The van der Waals surface area contributed by atoms with Crippen molar-refractivity contribution in [1.82, 2.24) is 0 Å². The van der Waals surface area contributed by atoms with Crippen LogP contribution >= 0.6 is 0 Å². The summed E-state index contributed by atoms with van der Waals surface area (Å²) in [4.78, 5) is 23.1. The van der Waals surface area contributed by atoms with Gasteiger partial charge in [-0.25, -0.2) is 8.42 Å². The second-order valence-corrected chi connectivity index (χ2v) is 8.83. The van der Waals surface area contributed by atoms with E-state index in [0.717, 1.165) is 0 Å². The minimum absolute atomic E-state index is 0.0188. The lowest BCUT2D eigenvalue weighted by molar-refractivity contribution is -0.385. The molecule has 4 rings (SSSR count). The van der Waals surface area contributed by atoms with Gasteiger partial charge in [0.05, 0.1) is 9.82 Å². The lowest BCUT2D eigenvalue weighted by Crippen LogP contribution is -2.17. The highest BCUT2D eigenvalue weighted by molar-refractivity contribution is 7.92. The van der Waals surface area contributed by atoms with Crippen molar-refractivity contribution >= 4 is 33.0 Å². The first-order valence-electron chi connectivity index (χ1n) is 9.82. The van der Waals surface area contributed by atoms with Crippen molar-refractivity contribution in [3.05, 3.63) is 81.9 Å². The second-order valence-electron chi connectivity index (χ2n) is 7.15. The third kappa shape index (κ3) is 4.72. The molecular formula is C22H19N3O7S. The molecule has 0 saturated carbocycles. The fourth-order valence-corrected chi connectivity index (χ4v) is 4.37. The van der Waals surface area contributed by atoms with Crippen LogP contribution in [0.1, 0.15) is 15.9 Å². The maximum absolute atomic E-state index is 12.7. The molecule has 170 valence electrons. The van der Waals surface area contributed by atoms with Crippen LogP contribution < -0.4 is 19.5 Å². The molecule has 10 nitrogen and oxygen atoms in total. The number of fused-ring (bicyclic) bond motifs is 1. The SMILES string of the molecule is Cc1c(C(=O)Nc2ccc(NS(=O)(=O)c3ccc4c(c3)OCCO4)cc2)cccc1[N+](=O)[O-]. The highest BCUT2D eigenvalue weighted by Gasteiger charge is 2.20. The lowest BCUT2D eigenvalue weighted by Gasteiger charge is -2.19. The van der Waals surface area contributed by atoms with E-state index < -0.39 is 20.9 Å². The van der Waals surface area contributed by atoms with E-state index in [9.17, 15) is 23.3 Å². The minimum Gasteiger partial charge on any atom is -0.486 e. The van der Waals surface area contributed by atoms with Gasteiger partial charge in [0.25, 0.3) is 21.6 Å². The Morgan fingerprint density at radius 2 is 1.64 bits per heavy atom. The molecule has 0 bridgehead atoms. The van der Waals surface area contributed by atoms with Crippen LogP contribution in [0.4, 0.5) is 17.1 Å². The van der Waals surface area contributed by atoms with Gasteiger partial charge in [0, 0.05) is 34.6 Å². The number of carbonyl (C=O) groups is 1. The molecule has 33 heavy (non-hydrogen) atoms. The molecule has 2 N–H and O–H groups in total. The summed E-state index contributed by atoms with van der Waals surface area (Å²) in [5.74, 6) is 0.332. The van der Waals surface area contributed by atoms with Crippen molar-refractivity contribution in [2.75, 3.05) is 23.3 Å². The van der Waals surface area contributed by atoms with Crippen molar-refractivity contribution in [3.63, 3.8) is 0 Å². The van der Waals surface area contributed by atoms with E-state index >= 15 is 0 Å². The van der Waals surface area contributed by atoms with Gasteiger partial charge >= 0.3 is 0 Å². The van der Waals surface area contributed by atoms with E-state index in [0.29, 0.717) is 30.4 Å². The summed E-state index contributed by atoms with van der Waals surface area (Å²) in [6.45, 7) is 2.25. The Bertz CT molecular complexity index is 1340. The number of anilines is 2. The predicted octanol–water partition coefficient (Wildman–Crippen LogP) is 3.73. The molecule has 3 aromatic carbocycles. The molecule has 3 aromatic rings. The van der Waals surface area contributed by atoms with Gasteiger partial charge in [-0.2, -0.15) is 0 Å². The first kappa shape index (κ1) is 22.1. The molecule has 0 atom stereocenters. The van der Waals surface area contributed by atoms with Gasteiger partial charge in [-0.3, -0.25) is 19.6 Å². The fraction of sp³-hybridized carbons (Fsp3) is 0.136. The van der Waals surface area contributed by atoms with Gasteiger partial charge in [-0.15, -0.1) is 0 Å². The number of nitrogens with one attached hydrogen (secondary N) is 2. The monoisotopic (exact) mass is 469 g/mol. The molecule has 0 fully saturated rings. The minimum atomic E-state index is -3.88. The number of rotatable bonds is 6. The normalized spacial score (nSPS) is 12.6. The van der Waals surface area contributed by atoms with Crippen molar-refractivity contribution < 1.29 is 27.6 Å². The molecule has 0 radical (unpaired) electrons. The molecule has 0 unspecified atom stereocenters. The zero-order valence-corrected chi connectivity index (χ0v) is 18.2. The molecule has 1 amide bonds. The van der Waals surface area contributed by atoms with Gasteiger partial charge in [0.15, 0.2) is 11.5 Å². The average Bonchev–Trinajstić information content (AvgIpc) is 2.79. The molecule has 11 heteroatoms. The molecule has 1 aliphatic rings. The average molecular weight is 469 g/mol. The second kappa shape index (κ2) is 8.79.